The summed E-state index contributed by atoms with van der Waals surface area (Å²) in [5.74, 6) is 1.75. The van der Waals surface area contributed by atoms with E-state index >= 15 is 0 Å². The molecular formula is C34H24O3S. The Balaban J connectivity index is 1.29. The van der Waals surface area contributed by atoms with Crippen LogP contribution in [-0.4, -0.2) is 10.2 Å². The van der Waals surface area contributed by atoms with Gasteiger partial charge in [-0.25, -0.2) is 0 Å². The van der Waals surface area contributed by atoms with Crippen molar-refractivity contribution in [2.45, 2.75) is 23.0 Å². The smallest absolute Gasteiger partial charge is 0.142 e. The van der Waals surface area contributed by atoms with Crippen molar-refractivity contribution in [2.75, 3.05) is 0 Å². The van der Waals surface area contributed by atoms with E-state index in [9.17, 15) is 10.2 Å². The van der Waals surface area contributed by atoms with Gasteiger partial charge < -0.3 is 14.9 Å². The Hall–Kier alpha value is -4.09. The SMILES string of the molecule is OCc1cccc(-c2ccc3c4c(ccc3c2)Oc2ccc3cc(-c5cccc(CO)c5)ccc3c2S4)c1. The number of ether oxygens (including phenoxy) is 1. The zero-order chi connectivity index (χ0) is 25.6. The highest BCUT2D eigenvalue weighted by Gasteiger charge is 2.22. The Morgan fingerprint density at radius 1 is 0.500 bits per heavy atom. The minimum atomic E-state index is 0.0345. The molecule has 0 atom stereocenters. The summed E-state index contributed by atoms with van der Waals surface area (Å²) in [6.45, 7) is 0.0691. The summed E-state index contributed by atoms with van der Waals surface area (Å²) in [6, 6.07) is 37.5. The van der Waals surface area contributed by atoms with E-state index in [2.05, 4.69) is 72.8 Å². The first-order valence-electron chi connectivity index (χ1n) is 12.6. The topological polar surface area (TPSA) is 49.7 Å². The lowest BCUT2D eigenvalue weighted by atomic mass is 9.99. The Bertz CT molecular complexity index is 1720. The van der Waals surface area contributed by atoms with Crippen LogP contribution < -0.4 is 4.74 Å². The van der Waals surface area contributed by atoms with E-state index in [1.54, 1.807) is 11.8 Å². The molecule has 6 aromatic rings. The van der Waals surface area contributed by atoms with Gasteiger partial charge in [0.15, 0.2) is 0 Å². The fourth-order valence-corrected chi connectivity index (χ4v) is 6.43. The monoisotopic (exact) mass is 512 g/mol. The Labute approximate surface area is 225 Å². The molecule has 6 aromatic carbocycles. The Kier molecular flexibility index (Phi) is 5.67. The van der Waals surface area contributed by atoms with Gasteiger partial charge in [0.1, 0.15) is 11.5 Å². The molecule has 0 amide bonds. The van der Waals surface area contributed by atoms with Crippen LogP contribution in [-0.2, 0) is 13.2 Å². The van der Waals surface area contributed by atoms with Gasteiger partial charge in [-0.1, -0.05) is 84.6 Å². The van der Waals surface area contributed by atoms with Crippen LogP contribution in [0, 0.1) is 0 Å². The summed E-state index contributed by atoms with van der Waals surface area (Å²) in [4.78, 5) is 2.25. The van der Waals surface area contributed by atoms with Crippen LogP contribution in [0.3, 0.4) is 0 Å². The molecule has 0 spiro atoms. The Morgan fingerprint density at radius 2 is 0.974 bits per heavy atom. The number of fused-ring (bicyclic) bond motifs is 6. The molecule has 4 heteroatoms. The zero-order valence-electron chi connectivity index (χ0n) is 20.5. The van der Waals surface area contributed by atoms with Crippen LogP contribution >= 0.6 is 11.8 Å². The van der Waals surface area contributed by atoms with Crippen molar-refractivity contribution in [3.63, 3.8) is 0 Å². The molecule has 0 bridgehead atoms. The van der Waals surface area contributed by atoms with E-state index < -0.39 is 0 Å². The van der Waals surface area contributed by atoms with Crippen molar-refractivity contribution in [3.05, 3.63) is 120 Å². The summed E-state index contributed by atoms with van der Waals surface area (Å²) >= 11 is 1.77. The fourth-order valence-electron chi connectivity index (χ4n) is 5.21. The molecule has 0 aliphatic carbocycles. The van der Waals surface area contributed by atoms with Crippen molar-refractivity contribution >= 4 is 33.3 Å². The maximum Gasteiger partial charge on any atom is 0.142 e. The molecule has 1 aliphatic rings. The third-order valence-electron chi connectivity index (χ3n) is 7.18. The van der Waals surface area contributed by atoms with Crippen LogP contribution in [0.15, 0.2) is 119 Å². The average molecular weight is 513 g/mol. The van der Waals surface area contributed by atoms with Gasteiger partial charge in [-0.3, -0.25) is 0 Å². The summed E-state index contributed by atoms with van der Waals surface area (Å²) in [5.41, 5.74) is 6.25. The number of hydrogen-bond donors (Lipinski definition) is 2. The third kappa shape index (κ3) is 3.95. The van der Waals surface area contributed by atoms with Crippen molar-refractivity contribution in [1.82, 2.24) is 0 Å². The minimum Gasteiger partial charge on any atom is -0.455 e. The first kappa shape index (κ1) is 23.1. The number of aliphatic hydroxyl groups excluding tert-OH is 2. The number of hydrogen-bond acceptors (Lipinski definition) is 4. The van der Waals surface area contributed by atoms with E-state index in [1.807, 2.05) is 36.4 Å². The van der Waals surface area contributed by atoms with Gasteiger partial charge >= 0.3 is 0 Å². The van der Waals surface area contributed by atoms with Gasteiger partial charge in [0.25, 0.3) is 0 Å². The van der Waals surface area contributed by atoms with E-state index in [0.717, 1.165) is 76.2 Å². The minimum absolute atomic E-state index is 0.0345. The van der Waals surface area contributed by atoms with Gasteiger partial charge in [-0.2, -0.15) is 0 Å². The molecule has 3 nitrogen and oxygen atoms in total. The summed E-state index contributed by atoms with van der Waals surface area (Å²) in [5, 5.41) is 23.7. The maximum absolute atomic E-state index is 9.54. The summed E-state index contributed by atoms with van der Waals surface area (Å²) in [6.07, 6.45) is 0. The normalized spacial score (nSPS) is 12.3. The van der Waals surface area contributed by atoms with Gasteiger partial charge in [-0.05, 0) is 91.3 Å². The lowest BCUT2D eigenvalue weighted by Gasteiger charge is -2.23. The highest BCUT2D eigenvalue weighted by atomic mass is 32.2. The van der Waals surface area contributed by atoms with Gasteiger partial charge in [0, 0.05) is 0 Å². The fraction of sp³-hybridized carbons (Fsp3) is 0.0588. The molecule has 0 fully saturated rings. The first-order valence-corrected chi connectivity index (χ1v) is 13.4. The lowest BCUT2D eigenvalue weighted by Crippen LogP contribution is -1.97. The lowest BCUT2D eigenvalue weighted by molar-refractivity contribution is 0.281. The van der Waals surface area contributed by atoms with Gasteiger partial charge in [0.05, 0.1) is 23.0 Å². The number of rotatable bonds is 4. The molecule has 0 radical (unpaired) electrons. The summed E-state index contributed by atoms with van der Waals surface area (Å²) in [7, 11) is 0. The second kappa shape index (κ2) is 9.34. The number of benzene rings is 6. The number of aliphatic hydroxyl groups is 2. The molecular weight excluding hydrogens is 488 g/mol. The molecule has 2 N–H and O–H groups in total. The second-order valence-corrected chi connectivity index (χ2v) is 10.6. The summed E-state index contributed by atoms with van der Waals surface area (Å²) < 4.78 is 6.41. The largest absolute Gasteiger partial charge is 0.455 e. The molecule has 7 rings (SSSR count). The van der Waals surface area contributed by atoms with E-state index in [0.29, 0.717) is 0 Å². The van der Waals surface area contributed by atoms with Crippen LogP contribution in [0.1, 0.15) is 11.1 Å². The highest BCUT2D eigenvalue weighted by molar-refractivity contribution is 8.00. The van der Waals surface area contributed by atoms with Gasteiger partial charge in [-0.15, -0.1) is 0 Å². The van der Waals surface area contributed by atoms with Crippen LogP contribution in [0.5, 0.6) is 11.5 Å². The predicted octanol–water partition coefficient (Wildman–Crippen LogP) is 8.57. The second-order valence-electron chi connectivity index (χ2n) is 9.58. The van der Waals surface area contributed by atoms with Crippen LogP contribution in [0.4, 0.5) is 0 Å². The van der Waals surface area contributed by atoms with Crippen molar-refractivity contribution in [3.8, 4) is 33.8 Å². The molecule has 0 unspecified atom stereocenters. The molecule has 1 aliphatic heterocycles. The molecule has 0 saturated heterocycles. The maximum atomic E-state index is 9.54. The van der Waals surface area contributed by atoms with Crippen molar-refractivity contribution < 1.29 is 14.9 Å². The van der Waals surface area contributed by atoms with E-state index in [-0.39, 0.29) is 13.2 Å². The highest BCUT2D eigenvalue weighted by Crippen LogP contribution is 2.52. The standard InChI is InChI=1S/C34H24O3S/c35-19-21-3-1-5-23(15-21)25-7-11-29-27(17-25)9-13-31-33(29)38-34-30-12-8-26(18-28(30)10-14-32(34)37-31)24-6-2-4-22(16-24)20-36/h1-18,35-36H,19-20H2. The molecule has 0 aromatic heterocycles. The first-order chi connectivity index (χ1) is 18.7. The molecule has 38 heavy (non-hydrogen) atoms. The predicted molar refractivity (Wildman–Crippen MR) is 155 cm³/mol. The van der Waals surface area contributed by atoms with E-state index in [1.165, 1.54) is 0 Å². The van der Waals surface area contributed by atoms with Crippen LogP contribution in [0.25, 0.3) is 43.8 Å². The molecule has 1 heterocycles. The third-order valence-corrected chi connectivity index (χ3v) is 8.43. The Morgan fingerprint density at radius 3 is 1.45 bits per heavy atom. The quantitative estimate of drug-likeness (QED) is 0.248. The van der Waals surface area contributed by atoms with E-state index in [4.69, 9.17) is 4.74 Å². The van der Waals surface area contributed by atoms with Crippen molar-refractivity contribution in [1.29, 1.82) is 0 Å². The van der Waals surface area contributed by atoms with Crippen molar-refractivity contribution in [2.24, 2.45) is 0 Å². The average Bonchev–Trinajstić information content (AvgIpc) is 2.99. The van der Waals surface area contributed by atoms with Crippen LogP contribution in [0.2, 0.25) is 0 Å². The zero-order valence-corrected chi connectivity index (χ0v) is 21.3. The molecule has 184 valence electrons. The molecule has 0 saturated carbocycles. The van der Waals surface area contributed by atoms with Gasteiger partial charge in [0.2, 0.25) is 0 Å².